The van der Waals surface area contributed by atoms with Crippen LogP contribution in [-0.2, 0) is 6.54 Å². The Morgan fingerprint density at radius 1 is 1.22 bits per heavy atom. The van der Waals surface area contributed by atoms with Crippen molar-refractivity contribution in [1.82, 2.24) is 9.88 Å². The summed E-state index contributed by atoms with van der Waals surface area (Å²) < 4.78 is 29.4. The van der Waals surface area contributed by atoms with E-state index in [1.54, 1.807) is 18.3 Å². The number of benzene rings is 1. The van der Waals surface area contributed by atoms with E-state index >= 15 is 0 Å². The summed E-state index contributed by atoms with van der Waals surface area (Å²) in [7, 11) is 0. The van der Waals surface area contributed by atoms with Crippen LogP contribution < -0.4 is 9.64 Å². The molecule has 144 valence electrons. The molecular weight excluding hydrogens is 382 g/mol. The zero-order valence-corrected chi connectivity index (χ0v) is 15.0. The first-order valence-electron chi connectivity index (χ1n) is 8.23. The smallest absolute Gasteiger partial charge is 0.387 e. The van der Waals surface area contributed by atoms with Crippen LogP contribution in [0.25, 0.3) is 0 Å². The van der Waals surface area contributed by atoms with Crippen molar-refractivity contribution in [3.05, 3.63) is 57.4 Å². The molecule has 0 N–H and O–H groups in total. The van der Waals surface area contributed by atoms with Gasteiger partial charge in [-0.1, -0.05) is 11.6 Å². The van der Waals surface area contributed by atoms with Crippen molar-refractivity contribution in [3.8, 4) is 5.75 Å². The lowest BCUT2D eigenvalue weighted by molar-refractivity contribution is -0.386. The maximum absolute atomic E-state index is 12.5. The number of hydrogen-bond donors (Lipinski definition) is 0. The Morgan fingerprint density at radius 3 is 2.56 bits per heavy atom. The number of nitrogens with zero attached hydrogens (tertiary/aromatic N) is 4. The van der Waals surface area contributed by atoms with Gasteiger partial charge in [0.2, 0.25) is 5.75 Å². The van der Waals surface area contributed by atoms with Crippen molar-refractivity contribution in [1.29, 1.82) is 0 Å². The average molecular weight is 399 g/mol. The number of alkyl halides is 2. The molecule has 1 saturated heterocycles. The molecule has 2 aromatic rings. The predicted molar refractivity (Wildman–Crippen MR) is 96.5 cm³/mol. The van der Waals surface area contributed by atoms with Crippen LogP contribution in [0.15, 0.2) is 36.5 Å². The topological polar surface area (TPSA) is 71.7 Å². The molecule has 0 aliphatic carbocycles. The SMILES string of the molecule is O=[N+]([O-])c1ccc(N2CCN(Cc3ccc(Cl)cn3)CC2)cc1OC(F)F. The number of ether oxygens (including phenoxy) is 1. The molecule has 1 fully saturated rings. The first-order chi connectivity index (χ1) is 12.9. The van der Waals surface area contributed by atoms with Gasteiger partial charge in [0.05, 0.1) is 15.6 Å². The van der Waals surface area contributed by atoms with E-state index in [2.05, 4.69) is 14.6 Å². The summed E-state index contributed by atoms with van der Waals surface area (Å²) in [6.07, 6.45) is 1.61. The van der Waals surface area contributed by atoms with Gasteiger partial charge in [0.15, 0.2) is 0 Å². The zero-order valence-electron chi connectivity index (χ0n) is 14.2. The van der Waals surface area contributed by atoms with Gasteiger partial charge in [0, 0.05) is 56.7 Å². The number of aromatic nitrogens is 1. The highest BCUT2D eigenvalue weighted by Gasteiger charge is 2.23. The molecule has 3 rings (SSSR count). The second kappa shape index (κ2) is 8.45. The van der Waals surface area contributed by atoms with Crippen molar-refractivity contribution >= 4 is 23.0 Å². The van der Waals surface area contributed by atoms with Gasteiger partial charge in [-0.2, -0.15) is 8.78 Å². The van der Waals surface area contributed by atoms with Crippen LogP contribution >= 0.6 is 11.6 Å². The highest BCUT2D eigenvalue weighted by atomic mass is 35.5. The standard InChI is InChI=1S/C17H17ClF2N4O3/c18-12-1-2-13(21-10-12)11-22-5-7-23(8-6-22)14-3-4-15(24(25)26)16(9-14)27-17(19)20/h1-4,9-10,17H,5-8,11H2. The molecular formula is C17H17ClF2N4O3. The zero-order chi connectivity index (χ0) is 19.4. The number of halogens is 3. The predicted octanol–water partition coefficient (Wildman–Crippen LogP) is 3.57. The fourth-order valence-corrected chi connectivity index (χ4v) is 3.05. The van der Waals surface area contributed by atoms with Gasteiger partial charge in [0.1, 0.15) is 0 Å². The number of piperazine rings is 1. The maximum Gasteiger partial charge on any atom is 0.387 e. The first kappa shape index (κ1) is 19.2. The average Bonchev–Trinajstić information content (AvgIpc) is 2.63. The number of anilines is 1. The molecule has 27 heavy (non-hydrogen) atoms. The van der Waals surface area contributed by atoms with E-state index in [0.29, 0.717) is 30.3 Å². The second-order valence-electron chi connectivity index (χ2n) is 6.02. The lowest BCUT2D eigenvalue weighted by Crippen LogP contribution is -2.46. The van der Waals surface area contributed by atoms with Gasteiger partial charge in [-0.3, -0.25) is 20.0 Å². The van der Waals surface area contributed by atoms with E-state index in [9.17, 15) is 18.9 Å². The van der Waals surface area contributed by atoms with E-state index in [4.69, 9.17) is 11.6 Å². The molecule has 7 nitrogen and oxygen atoms in total. The maximum atomic E-state index is 12.5. The van der Waals surface area contributed by atoms with Gasteiger partial charge in [0.25, 0.3) is 0 Å². The monoisotopic (exact) mass is 398 g/mol. The fourth-order valence-electron chi connectivity index (χ4n) is 2.93. The molecule has 10 heteroatoms. The Kier molecular flexibility index (Phi) is 6.02. The molecule has 1 aliphatic heterocycles. The van der Waals surface area contributed by atoms with Crippen LogP contribution in [0.4, 0.5) is 20.2 Å². The summed E-state index contributed by atoms with van der Waals surface area (Å²) in [6.45, 7) is 0.352. The van der Waals surface area contributed by atoms with Crippen LogP contribution in [0, 0.1) is 10.1 Å². The van der Waals surface area contributed by atoms with Crippen molar-refractivity contribution < 1.29 is 18.4 Å². The summed E-state index contributed by atoms with van der Waals surface area (Å²) in [5.74, 6) is -0.430. The lowest BCUT2D eigenvalue weighted by Gasteiger charge is -2.36. The number of pyridine rings is 1. The second-order valence-corrected chi connectivity index (χ2v) is 6.46. The summed E-state index contributed by atoms with van der Waals surface area (Å²) in [5.41, 5.74) is 1.04. The van der Waals surface area contributed by atoms with Gasteiger partial charge in [-0.15, -0.1) is 0 Å². The molecule has 0 unspecified atom stereocenters. The molecule has 1 aromatic carbocycles. The van der Waals surface area contributed by atoms with E-state index < -0.39 is 23.0 Å². The van der Waals surface area contributed by atoms with Gasteiger partial charge in [-0.05, 0) is 18.2 Å². The van der Waals surface area contributed by atoms with E-state index in [1.165, 1.54) is 12.1 Å². The highest BCUT2D eigenvalue weighted by molar-refractivity contribution is 6.30. The summed E-state index contributed by atoms with van der Waals surface area (Å²) in [6, 6.07) is 7.70. The molecule has 0 atom stereocenters. The fraction of sp³-hybridized carbons (Fsp3) is 0.353. The molecule has 0 radical (unpaired) electrons. The minimum absolute atomic E-state index is 0.430. The molecule has 1 aliphatic rings. The van der Waals surface area contributed by atoms with Crippen LogP contribution in [0.2, 0.25) is 5.02 Å². The third-order valence-electron chi connectivity index (χ3n) is 4.27. The molecule has 0 saturated carbocycles. The van der Waals surface area contributed by atoms with Crippen molar-refractivity contribution in [2.45, 2.75) is 13.2 Å². The lowest BCUT2D eigenvalue weighted by atomic mass is 10.2. The van der Waals surface area contributed by atoms with Crippen LogP contribution in [-0.4, -0.2) is 47.6 Å². The van der Waals surface area contributed by atoms with Crippen LogP contribution in [0.3, 0.4) is 0 Å². The molecule has 0 bridgehead atoms. The number of nitro benzene ring substituents is 1. The Bertz CT molecular complexity index is 799. The van der Waals surface area contributed by atoms with Gasteiger partial charge >= 0.3 is 12.3 Å². The van der Waals surface area contributed by atoms with Gasteiger partial charge < -0.3 is 9.64 Å². The van der Waals surface area contributed by atoms with Crippen LogP contribution in [0.5, 0.6) is 5.75 Å². The Balaban J connectivity index is 1.64. The third kappa shape index (κ3) is 5.01. The van der Waals surface area contributed by atoms with E-state index in [-0.39, 0.29) is 0 Å². The van der Waals surface area contributed by atoms with E-state index in [1.807, 2.05) is 11.0 Å². The normalized spacial score (nSPS) is 15.2. The molecule has 1 aromatic heterocycles. The van der Waals surface area contributed by atoms with Crippen molar-refractivity contribution in [3.63, 3.8) is 0 Å². The Morgan fingerprint density at radius 2 is 1.96 bits per heavy atom. The first-order valence-corrected chi connectivity index (χ1v) is 8.61. The summed E-state index contributed by atoms with van der Waals surface area (Å²) in [4.78, 5) is 18.7. The minimum atomic E-state index is -3.12. The Labute approximate surface area is 159 Å². The quantitative estimate of drug-likeness (QED) is 0.547. The van der Waals surface area contributed by atoms with E-state index in [0.717, 1.165) is 18.8 Å². The summed E-state index contributed by atoms with van der Waals surface area (Å²) >= 11 is 5.83. The molecule has 2 heterocycles. The highest BCUT2D eigenvalue weighted by Crippen LogP contribution is 2.33. The Hall–Kier alpha value is -2.52. The van der Waals surface area contributed by atoms with Gasteiger partial charge in [-0.25, -0.2) is 0 Å². The number of hydrogen-bond acceptors (Lipinski definition) is 6. The number of nitro groups is 1. The van der Waals surface area contributed by atoms with Crippen molar-refractivity contribution in [2.24, 2.45) is 0 Å². The van der Waals surface area contributed by atoms with Crippen LogP contribution in [0.1, 0.15) is 5.69 Å². The molecule has 0 spiro atoms. The van der Waals surface area contributed by atoms with Crippen molar-refractivity contribution in [2.75, 3.05) is 31.1 Å². The summed E-state index contributed by atoms with van der Waals surface area (Å²) in [5, 5.41) is 11.6. The minimum Gasteiger partial charge on any atom is -0.427 e. The largest absolute Gasteiger partial charge is 0.427 e. The number of rotatable bonds is 6. The molecule has 0 amide bonds. The third-order valence-corrected chi connectivity index (χ3v) is 4.49.